The molecule has 2 heterocycles. The third-order valence-corrected chi connectivity index (χ3v) is 3.85. The number of nitrogens with zero attached hydrogens (tertiary/aromatic N) is 2. The molecular weight excluding hydrogens is 276 g/mol. The summed E-state index contributed by atoms with van der Waals surface area (Å²) in [4.78, 5) is 11.8. The van der Waals surface area contributed by atoms with Crippen molar-refractivity contribution < 1.29 is 0 Å². The molecule has 0 spiro atoms. The summed E-state index contributed by atoms with van der Waals surface area (Å²) in [5, 5.41) is 10.7. The number of aryl methyl sites for hydroxylation is 1. The highest BCUT2D eigenvalue weighted by Crippen LogP contribution is 2.27. The molecular formula is C14H15ClN4O. The molecule has 0 saturated heterocycles. The van der Waals surface area contributed by atoms with Crippen LogP contribution in [-0.2, 0) is 20.0 Å². The molecule has 104 valence electrons. The Morgan fingerprint density at radius 3 is 3.10 bits per heavy atom. The first-order valence-electron chi connectivity index (χ1n) is 6.47. The number of aromatic nitrogens is 2. The van der Waals surface area contributed by atoms with Crippen LogP contribution in [0.5, 0.6) is 0 Å². The maximum atomic E-state index is 11.8. The van der Waals surface area contributed by atoms with E-state index >= 15 is 0 Å². The molecule has 6 heteroatoms. The van der Waals surface area contributed by atoms with Crippen LogP contribution in [0.3, 0.4) is 0 Å². The second kappa shape index (κ2) is 5.26. The van der Waals surface area contributed by atoms with Gasteiger partial charge in [-0.15, -0.1) is 0 Å². The predicted octanol–water partition coefficient (Wildman–Crippen LogP) is 1.82. The fourth-order valence-electron chi connectivity index (χ4n) is 2.39. The molecule has 20 heavy (non-hydrogen) atoms. The van der Waals surface area contributed by atoms with Gasteiger partial charge in [-0.05, 0) is 30.2 Å². The fraction of sp³-hybridized carbons (Fsp3) is 0.286. The van der Waals surface area contributed by atoms with Crippen molar-refractivity contribution in [3.05, 3.63) is 50.9 Å². The average Bonchev–Trinajstić information content (AvgIpc) is 2.48. The first kappa shape index (κ1) is 13.1. The van der Waals surface area contributed by atoms with Gasteiger partial charge in [-0.1, -0.05) is 23.7 Å². The third-order valence-electron chi connectivity index (χ3n) is 3.49. The van der Waals surface area contributed by atoms with Gasteiger partial charge in [0.1, 0.15) is 5.02 Å². The summed E-state index contributed by atoms with van der Waals surface area (Å²) in [6.07, 6.45) is 2.53. The topological polar surface area (TPSA) is 59.0 Å². The van der Waals surface area contributed by atoms with Crippen LogP contribution in [0.15, 0.2) is 29.2 Å². The maximum absolute atomic E-state index is 11.8. The molecule has 1 aliphatic rings. The number of fused-ring (bicyclic) bond motifs is 1. The van der Waals surface area contributed by atoms with Crippen LogP contribution in [0.1, 0.15) is 11.1 Å². The van der Waals surface area contributed by atoms with Gasteiger partial charge in [0.15, 0.2) is 0 Å². The normalized spacial score (nSPS) is 13.9. The van der Waals surface area contributed by atoms with E-state index in [-0.39, 0.29) is 10.6 Å². The lowest BCUT2D eigenvalue weighted by Gasteiger charge is -2.21. The Balaban J connectivity index is 2.00. The van der Waals surface area contributed by atoms with Gasteiger partial charge in [-0.2, -0.15) is 5.10 Å². The molecule has 0 aliphatic carbocycles. The summed E-state index contributed by atoms with van der Waals surface area (Å²) in [5.41, 5.74) is 3.77. The van der Waals surface area contributed by atoms with Crippen molar-refractivity contribution in [3.8, 4) is 0 Å². The van der Waals surface area contributed by atoms with E-state index in [4.69, 9.17) is 11.6 Å². The van der Waals surface area contributed by atoms with Gasteiger partial charge in [0.25, 0.3) is 5.56 Å². The number of benzene rings is 1. The van der Waals surface area contributed by atoms with Crippen LogP contribution in [-0.4, -0.2) is 16.3 Å². The van der Waals surface area contributed by atoms with Crippen molar-refractivity contribution in [2.75, 3.05) is 11.9 Å². The molecule has 0 amide bonds. The smallest absolute Gasteiger partial charge is 0.287 e. The number of anilines is 2. The Morgan fingerprint density at radius 2 is 2.25 bits per heavy atom. The summed E-state index contributed by atoms with van der Waals surface area (Å²) in [5.74, 6) is 0. The Kier molecular flexibility index (Phi) is 3.46. The zero-order valence-corrected chi connectivity index (χ0v) is 11.9. The first-order valence-corrected chi connectivity index (χ1v) is 6.85. The molecule has 0 atom stereocenters. The lowest BCUT2D eigenvalue weighted by Crippen LogP contribution is -2.24. The second-order valence-electron chi connectivity index (χ2n) is 4.80. The van der Waals surface area contributed by atoms with E-state index in [2.05, 4.69) is 21.8 Å². The predicted molar refractivity (Wildman–Crippen MR) is 79.6 cm³/mol. The molecule has 1 aromatic carbocycles. The van der Waals surface area contributed by atoms with E-state index in [9.17, 15) is 4.79 Å². The van der Waals surface area contributed by atoms with Crippen LogP contribution < -0.4 is 16.2 Å². The highest BCUT2D eigenvalue weighted by molar-refractivity contribution is 6.33. The Labute approximate surface area is 121 Å². The van der Waals surface area contributed by atoms with E-state index in [1.165, 1.54) is 15.8 Å². The standard InChI is InChI=1S/C14H15ClN4O/c1-19-14(20)13(15)12(8-17-19)18-11-4-2-3-9-7-16-6-5-10(9)11/h2-4,8,16,18H,5-7H2,1H3. The van der Waals surface area contributed by atoms with E-state index in [0.29, 0.717) is 5.69 Å². The lowest BCUT2D eigenvalue weighted by atomic mass is 9.99. The van der Waals surface area contributed by atoms with Gasteiger partial charge in [-0.25, -0.2) is 4.68 Å². The largest absolute Gasteiger partial charge is 0.353 e. The van der Waals surface area contributed by atoms with Crippen molar-refractivity contribution >= 4 is 23.0 Å². The van der Waals surface area contributed by atoms with Crippen molar-refractivity contribution in [3.63, 3.8) is 0 Å². The average molecular weight is 291 g/mol. The lowest BCUT2D eigenvalue weighted by molar-refractivity contribution is 0.645. The number of hydrogen-bond acceptors (Lipinski definition) is 4. The van der Waals surface area contributed by atoms with Crippen LogP contribution in [0.25, 0.3) is 0 Å². The monoisotopic (exact) mass is 290 g/mol. The molecule has 1 aromatic heterocycles. The zero-order valence-electron chi connectivity index (χ0n) is 11.1. The van der Waals surface area contributed by atoms with Gasteiger partial charge in [0, 0.05) is 19.3 Å². The molecule has 0 bridgehead atoms. The number of nitrogens with one attached hydrogen (secondary N) is 2. The molecule has 0 fully saturated rings. The SMILES string of the molecule is Cn1ncc(Nc2cccc3c2CCNC3)c(Cl)c1=O. The van der Waals surface area contributed by atoms with Crippen LogP contribution in [0.2, 0.25) is 5.02 Å². The van der Waals surface area contributed by atoms with Crippen LogP contribution in [0.4, 0.5) is 11.4 Å². The van der Waals surface area contributed by atoms with Gasteiger partial charge < -0.3 is 10.6 Å². The first-order chi connectivity index (χ1) is 9.66. The second-order valence-corrected chi connectivity index (χ2v) is 5.17. The Morgan fingerprint density at radius 1 is 1.40 bits per heavy atom. The van der Waals surface area contributed by atoms with Crippen molar-refractivity contribution in [1.29, 1.82) is 0 Å². The summed E-state index contributed by atoms with van der Waals surface area (Å²) in [7, 11) is 1.58. The van der Waals surface area contributed by atoms with E-state index < -0.39 is 0 Å². The molecule has 2 N–H and O–H groups in total. The molecule has 3 rings (SSSR count). The quantitative estimate of drug-likeness (QED) is 0.886. The van der Waals surface area contributed by atoms with Gasteiger partial charge in [-0.3, -0.25) is 4.79 Å². The minimum Gasteiger partial charge on any atom is -0.353 e. The molecule has 5 nitrogen and oxygen atoms in total. The van der Waals surface area contributed by atoms with E-state index in [1.807, 2.05) is 12.1 Å². The molecule has 0 radical (unpaired) electrons. The number of hydrogen-bond donors (Lipinski definition) is 2. The van der Waals surface area contributed by atoms with Gasteiger partial charge in [0.05, 0.1) is 11.9 Å². The van der Waals surface area contributed by atoms with Gasteiger partial charge in [0.2, 0.25) is 0 Å². The minimum atomic E-state index is -0.303. The molecule has 0 saturated carbocycles. The summed E-state index contributed by atoms with van der Waals surface area (Å²) in [6.45, 7) is 1.82. The zero-order chi connectivity index (χ0) is 14.1. The highest BCUT2D eigenvalue weighted by atomic mass is 35.5. The highest BCUT2D eigenvalue weighted by Gasteiger charge is 2.14. The molecule has 0 unspecified atom stereocenters. The van der Waals surface area contributed by atoms with Crippen molar-refractivity contribution in [2.24, 2.45) is 7.05 Å². The van der Waals surface area contributed by atoms with Crippen LogP contribution in [0, 0.1) is 0 Å². The van der Waals surface area contributed by atoms with Crippen LogP contribution >= 0.6 is 11.6 Å². The van der Waals surface area contributed by atoms with Crippen molar-refractivity contribution in [2.45, 2.75) is 13.0 Å². The fourth-order valence-corrected chi connectivity index (χ4v) is 2.61. The summed E-state index contributed by atoms with van der Waals surface area (Å²) < 4.78 is 1.22. The Hall–Kier alpha value is -1.85. The number of halogens is 1. The molecule has 1 aliphatic heterocycles. The third kappa shape index (κ3) is 2.30. The molecule has 2 aromatic rings. The van der Waals surface area contributed by atoms with Crippen molar-refractivity contribution in [1.82, 2.24) is 15.1 Å². The maximum Gasteiger partial charge on any atom is 0.287 e. The minimum absolute atomic E-state index is 0.161. The Bertz CT molecular complexity index is 711. The van der Waals surface area contributed by atoms with E-state index in [1.54, 1.807) is 13.2 Å². The van der Waals surface area contributed by atoms with Gasteiger partial charge >= 0.3 is 0 Å². The number of rotatable bonds is 2. The summed E-state index contributed by atoms with van der Waals surface area (Å²) in [6, 6.07) is 6.10. The summed E-state index contributed by atoms with van der Waals surface area (Å²) >= 11 is 6.08. The van der Waals surface area contributed by atoms with E-state index in [0.717, 1.165) is 25.2 Å².